The molecule has 1 aliphatic heterocycles. The molecule has 2 aromatic rings. The molecule has 0 radical (unpaired) electrons. The third-order valence-corrected chi connectivity index (χ3v) is 3.28. The maximum absolute atomic E-state index is 12.7. The molecule has 0 unspecified atom stereocenters. The Bertz CT molecular complexity index is 728. The Morgan fingerprint density at radius 3 is 2.73 bits per heavy atom. The zero-order valence-electron chi connectivity index (χ0n) is 12.7. The summed E-state index contributed by atoms with van der Waals surface area (Å²) in [7, 11) is 0. The normalized spacial score (nSPS) is 14.2. The average molecular weight is 299 g/mol. The highest BCUT2D eigenvalue weighted by Crippen LogP contribution is 2.33. The molecule has 0 N–H and O–H groups in total. The minimum atomic E-state index is -0.520. The summed E-state index contributed by atoms with van der Waals surface area (Å²) in [6.45, 7) is 5.85. The lowest BCUT2D eigenvalue weighted by Crippen LogP contribution is -2.24. The third kappa shape index (κ3) is 2.72. The molecule has 3 rings (SSSR count). The molecule has 0 aliphatic carbocycles. The Morgan fingerprint density at radius 2 is 2.05 bits per heavy atom. The Hall–Kier alpha value is -2.63. The van der Waals surface area contributed by atoms with Crippen LogP contribution in [0.25, 0.3) is 11.8 Å². The van der Waals surface area contributed by atoms with Gasteiger partial charge in [0.2, 0.25) is 6.79 Å². The van der Waals surface area contributed by atoms with Crippen molar-refractivity contribution < 1.29 is 14.3 Å². The number of benzene rings is 1. The van der Waals surface area contributed by atoms with E-state index in [1.54, 1.807) is 6.08 Å². The Morgan fingerprint density at radius 1 is 1.27 bits per heavy atom. The molecule has 6 heteroatoms. The zero-order chi connectivity index (χ0) is 15.7. The Balaban J connectivity index is 2.04. The van der Waals surface area contributed by atoms with Crippen LogP contribution in [0.1, 0.15) is 26.3 Å². The van der Waals surface area contributed by atoms with Gasteiger partial charge in [-0.05, 0) is 23.8 Å². The minimum absolute atomic E-state index is 0.0179. The summed E-state index contributed by atoms with van der Waals surface area (Å²) < 4.78 is 12.1. The molecule has 0 fully saturated rings. The molecule has 1 aromatic heterocycles. The number of allylic oxidation sites excluding steroid dienone is 1. The number of ketones is 1. The Labute approximate surface area is 128 Å². The highest BCUT2D eigenvalue weighted by molar-refractivity contribution is 6.21. The summed E-state index contributed by atoms with van der Waals surface area (Å²) >= 11 is 0. The maximum Gasteiger partial charge on any atom is 0.231 e. The van der Waals surface area contributed by atoms with Crippen molar-refractivity contribution in [2.24, 2.45) is 5.41 Å². The van der Waals surface area contributed by atoms with Crippen molar-refractivity contribution in [3.8, 4) is 11.5 Å². The Kier molecular flexibility index (Phi) is 3.44. The number of ether oxygens (including phenoxy) is 2. The second-order valence-corrected chi connectivity index (χ2v) is 6.06. The quantitative estimate of drug-likeness (QED) is 0.815. The van der Waals surface area contributed by atoms with Crippen molar-refractivity contribution in [3.63, 3.8) is 0 Å². The van der Waals surface area contributed by atoms with E-state index in [0.29, 0.717) is 17.2 Å². The standard InChI is InChI=1S/C16H17N3O3/c1-16(2,3)15(20)12(19-9-17-8-18-19)6-11-4-5-13-14(7-11)22-10-21-13/h4-9H,10H2,1-3H3/b12-6-. The summed E-state index contributed by atoms with van der Waals surface area (Å²) in [5, 5.41) is 4.08. The van der Waals surface area contributed by atoms with Gasteiger partial charge in [0, 0.05) is 5.41 Å². The van der Waals surface area contributed by atoms with E-state index in [0.717, 1.165) is 5.56 Å². The number of fused-ring (bicyclic) bond motifs is 1. The number of carbonyl (C=O) groups is 1. The average Bonchev–Trinajstić information content (AvgIpc) is 3.13. The third-order valence-electron chi connectivity index (χ3n) is 3.28. The van der Waals surface area contributed by atoms with E-state index < -0.39 is 5.41 Å². The van der Waals surface area contributed by atoms with E-state index in [1.807, 2.05) is 39.0 Å². The lowest BCUT2D eigenvalue weighted by Gasteiger charge is -2.18. The van der Waals surface area contributed by atoms with Gasteiger partial charge in [-0.15, -0.1) is 0 Å². The molecule has 0 bridgehead atoms. The summed E-state index contributed by atoms with van der Waals surface area (Å²) in [5.74, 6) is 1.37. The van der Waals surface area contributed by atoms with Crippen LogP contribution >= 0.6 is 0 Å². The van der Waals surface area contributed by atoms with E-state index in [9.17, 15) is 4.79 Å². The van der Waals surface area contributed by atoms with Gasteiger partial charge in [-0.25, -0.2) is 9.67 Å². The van der Waals surface area contributed by atoms with Crippen LogP contribution in [0.15, 0.2) is 30.9 Å². The number of Topliss-reactive ketones (excluding diaryl/α,β-unsaturated/α-hetero) is 1. The van der Waals surface area contributed by atoms with Crippen LogP contribution in [0, 0.1) is 5.41 Å². The van der Waals surface area contributed by atoms with Gasteiger partial charge in [0.1, 0.15) is 18.4 Å². The van der Waals surface area contributed by atoms with Gasteiger partial charge < -0.3 is 9.47 Å². The van der Waals surface area contributed by atoms with Crippen LogP contribution in [-0.4, -0.2) is 27.3 Å². The second kappa shape index (κ2) is 5.29. The van der Waals surface area contributed by atoms with E-state index in [-0.39, 0.29) is 12.6 Å². The van der Waals surface area contributed by atoms with E-state index in [1.165, 1.54) is 17.3 Å². The van der Waals surface area contributed by atoms with Crippen molar-refractivity contribution in [1.29, 1.82) is 0 Å². The predicted molar refractivity (Wildman–Crippen MR) is 81.2 cm³/mol. The molecule has 0 amide bonds. The van der Waals surface area contributed by atoms with Gasteiger partial charge in [-0.3, -0.25) is 4.79 Å². The molecule has 114 valence electrons. The minimum Gasteiger partial charge on any atom is -0.454 e. The van der Waals surface area contributed by atoms with Gasteiger partial charge in [-0.1, -0.05) is 26.8 Å². The zero-order valence-corrected chi connectivity index (χ0v) is 12.7. The lowest BCUT2D eigenvalue weighted by atomic mass is 9.88. The number of carbonyl (C=O) groups excluding carboxylic acids is 1. The van der Waals surface area contributed by atoms with Gasteiger partial charge >= 0.3 is 0 Å². The smallest absolute Gasteiger partial charge is 0.231 e. The molecule has 1 aliphatic rings. The molecular formula is C16H17N3O3. The molecule has 22 heavy (non-hydrogen) atoms. The van der Waals surface area contributed by atoms with E-state index in [2.05, 4.69) is 10.1 Å². The highest BCUT2D eigenvalue weighted by atomic mass is 16.7. The van der Waals surface area contributed by atoms with Crippen LogP contribution in [0.4, 0.5) is 0 Å². The van der Waals surface area contributed by atoms with Crippen molar-refractivity contribution in [3.05, 3.63) is 36.4 Å². The fourth-order valence-corrected chi connectivity index (χ4v) is 2.11. The van der Waals surface area contributed by atoms with Crippen LogP contribution in [-0.2, 0) is 4.79 Å². The SMILES string of the molecule is CC(C)(C)C(=O)/C(=C/c1ccc2c(c1)OCO2)n1cncn1. The van der Waals surface area contributed by atoms with Crippen molar-refractivity contribution in [1.82, 2.24) is 14.8 Å². The van der Waals surface area contributed by atoms with Crippen LogP contribution in [0.2, 0.25) is 0 Å². The maximum atomic E-state index is 12.7. The summed E-state index contributed by atoms with van der Waals surface area (Å²) in [6.07, 6.45) is 4.70. The van der Waals surface area contributed by atoms with Gasteiger partial charge in [0.05, 0.1) is 0 Å². The molecule has 0 saturated carbocycles. The number of aromatic nitrogens is 3. The second-order valence-electron chi connectivity index (χ2n) is 6.06. The lowest BCUT2D eigenvalue weighted by molar-refractivity contribution is -0.120. The predicted octanol–water partition coefficient (Wildman–Crippen LogP) is 2.62. The van der Waals surface area contributed by atoms with Crippen LogP contribution in [0.5, 0.6) is 11.5 Å². The molecule has 6 nitrogen and oxygen atoms in total. The fourth-order valence-electron chi connectivity index (χ4n) is 2.11. The summed E-state index contributed by atoms with van der Waals surface area (Å²) in [4.78, 5) is 16.6. The first-order valence-corrected chi connectivity index (χ1v) is 6.96. The van der Waals surface area contributed by atoms with Gasteiger partial charge in [-0.2, -0.15) is 5.10 Å². The molecule has 2 heterocycles. The number of rotatable bonds is 3. The summed E-state index contributed by atoms with van der Waals surface area (Å²) in [5.41, 5.74) is 0.782. The van der Waals surface area contributed by atoms with Gasteiger partial charge in [0.15, 0.2) is 17.3 Å². The number of nitrogens with zero attached hydrogens (tertiary/aromatic N) is 3. The molecule has 0 saturated heterocycles. The summed E-state index contributed by atoms with van der Waals surface area (Å²) in [6, 6.07) is 5.55. The van der Waals surface area contributed by atoms with E-state index >= 15 is 0 Å². The largest absolute Gasteiger partial charge is 0.454 e. The first-order valence-electron chi connectivity index (χ1n) is 6.96. The van der Waals surface area contributed by atoms with E-state index in [4.69, 9.17) is 9.47 Å². The highest BCUT2D eigenvalue weighted by Gasteiger charge is 2.27. The molecular weight excluding hydrogens is 282 g/mol. The first-order chi connectivity index (χ1) is 10.4. The molecule has 1 aromatic carbocycles. The van der Waals surface area contributed by atoms with Crippen LogP contribution in [0.3, 0.4) is 0 Å². The van der Waals surface area contributed by atoms with Gasteiger partial charge in [0.25, 0.3) is 0 Å². The number of hydrogen-bond acceptors (Lipinski definition) is 5. The van der Waals surface area contributed by atoms with Crippen molar-refractivity contribution >= 4 is 17.6 Å². The topological polar surface area (TPSA) is 66.2 Å². The first kappa shape index (κ1) is 14.3. The van der Waals surface area contributed by atoms with Crippen LogP contribution < -0.4 is 9.47 Å². The van der Waals surface area contributed by atoms with Crippen molar-refractivity contribution in [2.75, 3.05) is 6.79 Å². The fraction of sp³-hybridized carbons (Fsp3) is 0.312. The number of hydrogen-bond donors (Lipinski definition) is 0. The monoisotopic (exact) mass is 299 g/mol. The van der Waals surface area contributed by atoms with Crippen molar-refractivity contribution in [2.45, 2.75) is 20.8 Å². The molecule has 0 atom stereocenters. The molecule has 0 spiro atoms.